The Kier molecular flexibility index (Phi) is 6.86. The van der Waals surface area contributed by atoms with Crippen molar-refractivity contribution in [2.45, 2.75) is 25.9 Å². The zero-order chi connectivity index (χ0) is 20.6. The Bertz CT molecular complexity index is 987. The van der Waals surface area contributed by atoms with Crippen molar-refractivity contribution in [1.29, 1.82) is 0 Å². The lowest BCUT2D eigenvalue weighted by atomic mass is 10.0. The van der Waals surface area contributed by atoms with Gasteiger partial charge >= 0.3 is 0 Å². The predicted octanol–water partition coefficient (Wildman–Crippen LogP) is 2.68. The molecule has 3 aromatic rings. The molecule has 0 fully saturated rings. The molecule has 1 aromatic heterocycles. The minimum absolute atomic E-state index is 0.174. The lowest BCUT2D eigenvalue weighted by Crippen LogP contribution is -2.48. The first-order chi connectivity index (χ1) is 14.0. The van der Waals surface area contributed by atoms with Crippen LogP contribution in [0.25, 0.3) is 0 Å². The Balaban J connectivity index is 1.71. The molecule has 0 aliphatic rings. The molecule has 0 unspecified atom stereocenters. The number of aromatic nitrogens is 1. The van der Waals surface area contributed by atoms with Gasteiger partial charge in [-0.3, -0.25) is 14.4 Å². The molecule has 29 heavy (non-hydrogen) atoms. The summed E-state index contributed by atoms with van der Waals surface area (Å²) in [5.74, 6) is -1.83. The number of carbonyl (C=O) groups is 3. The Morgan fingerprint density at radius 3 is 2.28 bits per heavy atom. The number of hydrogen-bond donors (Lipinski definition) is 2. The van der Waals surface area contributed by atoms with Gasteiger partial charge < -0.3 is 10.6 Å². The summed E-state index contributed by atoms with van der Waals surface area (Å²) < 4.78 is 0. The lowest BCUT2D eigenvalue weighted by molar-refractivity contribution is -0.139. The molecule has 2 N–H and O–H groups in total. The Morgan fingerprint density at radius 2 is 1.66 bits per heavy atom. The van der Waals surface area contributed by atoms with Crippen LogP contribution in [0.3, 0.4) is 0 Å². The van der Waals surface area contributed by atoms with E-state index in [0.717, 1.165) is 16.3 Å². The van der Waals surface area contributed by atoms with Gasteiger partial charge in [0, 0.05) is 23.1 Å². The van der Waals surface area contributed by atoms with Crippen molar-refractivity contribution in [1.82, 2.24) is 15.6 Å². The summed E-state index contributed by atoms with van der Waals surface area (Å²) in [6.07, 6.45) is 0.224. The first-order valence-electron chi connectivity index (χ1n) is 9.16. The third-order valence-electron chi connectivity index (χ3n) is 4.23. The minimum Gasteiger partial charge on any atom is -0.343 e. The zero-order valence-electron chi connectivity index (χ0n) is 15.9. The zero-order valence-corrected chi connectivity index (χ0v) is 16.7. The molecule has 7 heteroatoms. The normalized spacial score (nSPS) is 11.5. The van der Waals surface area contributed by atoms with Crippen LogP contribution in [0.15, 0.2) is 66.0 Å². The molecule has 1 heterocycles. The van der Waals surface area contributed by atoms with Crippen molar-refractivity contribution in [3.8, 4) is 0 Å². The van der Waals surface area contributed by atoms with Gasteiger partial charge in [0.2, 0.25) is 5.78 Å². The molecule has 0 bridgehead atoms. The number of benzene rings is 2. The minimum atomic E-state index is -0.969. The van der Waals surface area contributed by atoms with E-state index in [9.17, 15) is 14.4 Å². The number of nitrogens with one attached hydrogen (secondary N) is 2. The number of amides is 2. The van der Waals surface area contributed by atoms with E-state index in [4.69, 9.17) is 0 Å². The maximum absolute atomic E-state index is 12.8. The van der Waals surface area contributed by atoms with Crippen molar-refractivity contribution in [3.63, 3.8) is 0 Å². The fourth-order valence-corrected chi connectivity index (χ4v) is 3.49. The molecule has 3 rings (SSSR count). The number of nitrogens with zero attached hydrogens (tertiary/aromatic N) is 1. The molecule has 0 spiro atoms. The number of carbonyl (C=O) groups excluding carboxylic acids is 3. The van der Waals surface area contributed by atoms with Crippen LogP contribution in [0, 0.1) is 6.92 Å². The van der Waals surface area contributed by atoms with E-state index in [1.165, 1.54) is 11.3 Å². The predicted molar refractivity (Wildman–Crippen MR) is 112 cm³/mol. The Morgan fingerprint density at radius 1 is 1.00 bits per heavy atom. The highest BCUT2D eigenvalue weighted by molar-refractivity contribution is 7.09. The summed E-state index contributed by atoms with van der Waals surface area (Å²) in [5, 5.41) is 7.90. The average Bonchev–Trinajstić information content (AvgIpc) is 3.17. The van der Waals surface area contributed by atoms with Gasteiger partial charge in [0.15, 0.2) is 0 Å². The van der Waals surface area contributed by atoms with Gasteiger partial charge in [-0.15, -0.1) is 11.3 Å². The van der Waals surface area contributed by atoms with E-state index < -0.39 is 23.6 Å². The second kappa shape index (κ2) is 9.75. The first-order valence-corrected chi connectivity index (χ1v) is 10.0. The molecule has 0 radical (unpaired) electrons. The SMILES string of the molecule is Cc1csc(CNC(=O)C(=O)[C@@H](Cc2ccccc2)NC(=O)c2ccccc2)n1. The van der Waals surface area contributed by atoms with Crippen LogP contribution in [-0.4, -0.2) is 28.6 Å². The quantitative estimate of drug-likeness (QED) is 0.562. The van der Waals surface area contributed by atoms with Crippen molar-refractivity contribution in [2.75, 3.05) is 0 Å². The summed E-state index contributed by atoms with van der Waals surface area (Å²) in [6, 6.07) is 16.9. The van der Waals surface area contributed by atoms with E-state index in [1.54, 1.807) is 30.3 Å². The van der Waals surface area contributed by atoms with E-state index in [-0.39, 0.29) is 13.0 Å². The molecular formula is C22H21N3O3S. The fourth-order valence-electron chi connectivity index (χ4n) is 2.78. The largest absolute Gasteiger partial charge is 0.343 e. The number of ketones is 1. The van der Waals surface area contributed by atoms with Crippen LogP contribution in [0.4, 0.5) is 0 Å². The van der Waals surface area contributed by atoms with Crippen LogP contribution in [-0.2, 0) is 22.6 Å². The van der Waals surface area contributed by atoms with Crippen LogP contribution in [0.2, 0.25) is 0 Å². The number of rotatable bonds is 8. The second-order valence-corrected chi connectivity index (χ2v) is 7.45. The monoisotopic (exact) mass is 407 g/mol. The van der Waals surface area contributed by atoms with Gasteiger partial charge in [0.1, 0.15) is 11.0 Å². The van der Waals surface area contributed by atoms with Gasteiger partial charge in [0.05, 0.1) is 6.54 Å². The maximum atomic E-state index is 12.8. The standard InChI is InChI=1S/C22H21N3O3S/c1-15-14-29-19(24-15)13-23-22(28)20(26)18(12-16-8-4-2-5-9-16)25-21(27)17-10-6-3-7-11-17/h2-11,14,18H,12-13H2,1H3,(H,23,28)(H,25,27)/t18-/m1/s1. The van der Waals surface area contributed by atoms with Crippen molar-refractivity contribution in [3.05, 3.63) is 87.9 Å². The van der Waals surface area contributed by atoms with Crippen LogP contribution in [0.5, 0.6) is 0 Å². The lowest BCUT2D eigenvalue weighted by Gasteiger charge is -2.17. The molecule has 6 nitrogen and oxygen atoms in total. The topological polar surface area (TPSA) is 88.2 Å². The maximum Gasteiger partial charge on any atom is 0.289 e. The van der Waals surface area contributed by atoms with Crippen LogP contribution >= 0.6 is 11.3 Å². The van der Waals surface area contributed by atoms with E-state index in [1.807, 2.05) is 42.6 Å². The molecule has 0 saturated carbocycles. The highest BCUT2D eigenvalue weighted by Gasteiger charge is 2.27. The van der Waals surface area contributed by atoms with Gasteiger partial charge in [-0.2, -0.15) is 0 Å². The summed E-state index contributed by atoms with van der Waals surface area (Å²) in [6.45, 7) is 2.04. The highest BCUT2D eigenvalue weighted by atomic mass is 32.1. The van der Waals surface area contributed by atoms with Crippen molar-refractivity contribution < 1.29 is 14.4 Å². The molecule has 148 valence electrons. The van der Waals surface area contributed by atoms with Gasteiger partial charge in [-0.25, -0.2) is 4.98 Å². The molecule has 0 aliphatic heterocycles. The van der Waals surface area contributed by atoms with E-state index >= 15 is 0 Å². The number of hydrogen-bond acceptors (Lipinski definition) is 5. The Hall–Kier alpha value is -3.32. The molecular weight excluding hydrogens is 386 g/mol. The highest BCUT2D eigenvalue weighted by Crippen LogP contribution is 2.09. The average molecular weight is 407 g/mol. The second-order valence-electron chi connectivity index (χ2n) is 6.51. The van der Waals surface area contributed by atoms with Crippen molar-refractivity contribution >= 4 is 28.9 Å². The molecule has 0 saturated heterocycles. The molecule has 2 aromatic carbocycles. The van der Waals surface area contributed by atoms with Crippen molar-refractivity contribution in [2.24, 2.45) is 0 Å². The van der Waals surface area contributed by atoms with E-state index in [2.05, 4.69) is 15.6 Å². The molecule has 2 amide bonds. The fraction of sp³-hybridized carbons (Fsp3) is 0.182. The van der Waals surface area contributed by atoms with Crippen LogP contribution in [0.1, 0.15) is 26.6 Å². The third kappa shape index (κ3) is 5.83. The molecule has 1 atom stereocenters. The van der Waals surface area contributed by atoms with E-state index in [0.29, 0.717) is 5.56 Å². The van der Waals surface area contributed by atoms with Gasteiger partial charge in [0.25, 0.3) is 11.8 Å². The number of Topliss-reactive ketones (excluding diaryl/α,β-unsaturated/α-hetero) is 1. The van der Waals surface area contributed by atoms with Gasteiger partial charge in [-0.1, -0.05) is 48.5 Å². The van der Waals surface area contributed by atoms with Gasteiger partial charge in [-0.05, 0) is 24.6 Å². The molecule has 0 aliphatic carbocycles. The summed E-state index contributed by atoms with van der Waals surface area (Å²) in [7, 11) is 0. The Labute approximate surface area is 173 Å². The third-order valence-corrected chi connectivity index (χ3v) is 5.20. The first kappa shape index (κ1) is 20.4. The summed E-state index contributed by atoms with van der Waals surface area (Å²) >= 11 is 1.42. The number of aryl methyl sites for hydroxylation is 1. The summed E-state index contributed by atoms with van der Waals surface area (Å²) in [5.41, 5.74) is 2.14. The van der Waals surface area contributed by atoms with Crippen LogP contribution < -0.4 is 10.6 Å². The number of thiazole rings is 1. The smallest absolute Gasteiger partial charge is 0.289 e. The summed E-state index contributed by atoms with van der Waals surface area (Å²) in [4.78, 5) is 42.1.